The van der Waals surface area contributed by atoms with E-state index in [2.05, 4.69) is 125 Å². The Balaban J connectivity index is 5.46. The number of phosphoric acid groups is 2. The summed E-state index contributed by atoms with van der Waals surface area (Å²) in [6, 6.07) is 0. The van der Waals surface area contributed by atoms with Crippen LogP contribution in [0.4, 0.5) is 0 Å². The molecule has 19 heteroatoms. The monoisotopic (exact) mass is 1470 g/mol. The predicted molar refractivity (Wildman–Crippen MR) is 418 cm³/mol. The number of allylic oxidation sites excluding steroid dienone is 20. The lowest BCUT2D eigenvalue weighted by Gasteiger charge is -2.21. The Morgan fingerprint density at radius 1 is 0.284 bits per heavy atom. The molecule has 0 aliphatic carbocycles. The molecule has 0 aromatic rings. The van der Waals surface area contributed by atoms with E-state index in [-0.39, 0.29) is 25.7 Å². The molecule has 3 N–H and O–H groups in total. The number of rotatable bonds is 74. The van der Waals surface area contributed by atoms with E-state index >= 15 is 0 Å². The van der Waals surface area contributed by atoms with Crippen LogP contribution in [-0.4, -0.2) is 96.7 Å². The SMILES string of the molecule is CCCCC/C=C\C/C=C\C/C=C\C/C=C\CCCC(=O)OC[C@H](COP(=O)(O)OC[C@@H](O)COP(=O)(O)OC[C@@H](COC(=O)CCCCCCC/C=C\C=C/CCCCCC)OC(=O)CCC/C=C\C/C=C\C/C=C\C/C=C\CCCCC)OC(=O)CCCCCCCCCCCCCCC. The molecule has 0 spiro atoms. The summed E-state index contributed by atoms with van der Waals surface area (Å²) in [4.78, 5) is 72.9. The number of aliphatic hydroxyl groups excluding tert-OH is 1. The minimum atomic E-state index is -5.00. The largest absolute Gasteiger partial charge is 0.472 e. The predicted octanol–water partition coefficient (Wildman–Crippen LogP) is 23.1. The summed E-state index contributed by atoms with van der Waals surface area (Å²) >= 11 is 0. The number of unbranched alkanes of at least 4 members (excludes halogenated alkanes) is 29. The van der Waals surface area contributed by atoms with Gasteiger partial charge in [-0.1, -0.05) is 290 Å². The quantitative estimate of drug-likeness (QED) is 0.0128. The van der Waals surface area contributed by atoms with Crippen molar-refractivity contribution in [2.45, 2.75) is 341 Å². The van der Waals surface area contributed by atoms with Gasteiger partial charge in [0.25, 0.3) is 0 Å². The highest BCUT2D eigenvalue weighted by atomic mass is 31.2. The Kier molecular flexibility index (Phi) is 71.4. The second-order valence-electron chi connectivity index (χ2n) is 26.3. The van der Waals surface area contributed by atoms with E-state index in [9.17, 15) is 43.2 Å². The molecule has 102 heavy (non-hydrogen) atoms. The minimum Gasteiger partial charge on any atom is -0.462 e. The number of hydrogen-bond acceptors (Lipinski definition) is 15. The molecule has 0 fully saturated rings. The van der Waals surface area contributed by atoms with Gasteiger partial charge in [-0.05, 0) is 128 Å². The number of carbonyl (C=O) groups excluding carboxylic acids is 4. The molecule has 2 unspecified atom stereocenters. The topological polar surface area (TPSA) is 237 Å². The van der Waals surface area contributed by atoms with Crippen molar-refractivity contribution in [3.63, 3.8) is 0 Å². The summed E-state index contributed by atoms with van der Waals surface area (Å²) in [5.41, 5.74) is 0. The van der Waals surface area contributed by atoms with Crippen LogP contribution in [0.3, 0.4) is 0 Å². The summed E-state index contributed by atoms with van der Waals surface area (Å²) in [6.45, 7) is 4.67. The number of aliphatic hydroxyl groups is 1. The first-order chi connectivity index (χ1) is 49.7. The molecule has 0 radical (unpaired) electrons. The van der Waals surface area contributed by atoms with Gasteiger partial charge in [-0.15, -0.1) is 0 Å². The van der Waals surface area contributed by atoms with E-state index in [0.717, 1.165) is 116 Å². The lowest BCUT2D eigenvalue weighted by atomic mass is 10.0. The van der Waals surface area contributed by atoms with E-state index in [0.29, 0.717) is 38.5 Å². The molecule has 0 saturated heterocycles. The fourth-order valence-corrected chi connectivity index (χ4v) is 11.9. The van der Waals surface area contributed by atoms with E-state index in [1.54, 1.807) is 0 Å². The van der Waals surface area contributed by atoms with E-state index in [1.165, 1.54) is 116 Å². The summed E-state index contributed by atoms with van der Waals surface area (Å²) in [5.74, 6) is -2.32. The third-order valence-corrected chi connectivity index (χ3v) is 18.3. The fourth-order valence-electron chi connectivity index (χ4n) is 10.3. The van der Waals surface area contributed by atoms with Crippen molar-refractivity contribution in [1.82, 2.24) is 0 Å². The number of phosphoric ester groups is 2. The van der Waals surface area contributed by atoms with Crippen LogP contribution in [-0.2, 0) is 65.4 Å². The molecule has 0 aromatic heterocycles. The number of hydrogen-bond donors (Lipinski definition) is 3. The van der Waals surface area contributed by atoms with Gasteiger partial charge in [0.1, 0.15) is 19.3 Å². The summed E-state index contributed by atoms with van der Waals surface area (Å²) in [5, 5.41) is 10.6. The average Bonchev–Trinajstić information content (AvgIpc) is 0.909. The smallest absolute Gasteiger partial charge is 0.462 e. The van der Waals surface area contributed by atoms with Crippen molar-refractivity contribution in [3.8, 4) is 0 Å². The molecule has 17 nitrogen and oxygen atoms in total. The molecule has 0 aliphatic rings. The van der Waals surface area contributed by atoms with E-state index in [4.69, 9.17) is 37.0 Å². The summed E-state index contributed by atoms with van der Waals surface area (Å²) in [7, 11) is -9.99. The number of esters is 4. The van der Waals surface area contributed by atoms with Crippen LogP contribution in [0.1, 0.15) is 323 Å². The zero-order valence-electron chi connectivity index (χ0n) is 64.0. The summed E-state index contributed by atoms with van der Waals surface area (Å²) in [6.07, 6.45) is 81.9. The molecular weight excluding hydrogens is 1330 g/mol. The van der Waals surface area contributed by atoms with Gasteiger partial charge in [0.15, 0.2) is 12.2 Å². The highest BCUT2D eigenvalue weighted by molar-refractivity contribution is 7.47. The summed E-state index contributed by atoms with van der Waals surface area (Å²) < 4.78 is 68.4. The lowest BCUT2D eigenvalue weighted by Crippen LogP contribution is -2.30. The van der Waals surface area contributed by atoms with Gasteiger partial charge in [0.05, 0.1) is 26.4 Å². The fraction of sp³-hybridized carbons (Fsp3) is 0.711. The van der Waals surface area contributed by atoms with Crippen LogP contribution in [0.15, 0.2) is 122 Å². The number of ether oxygens (including phenoxy) is 4. The van der Waals surface area contributed by atoms with Crippen molar-refractivity contribution in [2.75, 3.05) is 39.6 Å². The van der Waals surface area contributed by atoms with Crippen molar-refractivity contribution < 1.29 is 80.2 Å². The first-order valence-corrected chi connectivity index (χ1v) is 42.8. The van der Waals surface area contributed by atoms with Crippen LogP contribution >= 0.6 is 15.6 Å². The van der Waals surface area contributed by atoms with Gasteiger partial charge in [0.2, 0.25) is 0 Å². The first-order valence-electron chi connectivity index (χ1n) is 39.8. The molecule has 0 amide bonds. The molecule has 0 saturated carbocycles. The molecule has 586 valence electrons. The first kappa shape index (κ1) is 97.5. The van der Waals surface area contributed by atoms with Crippen LogP contribution in [0.5, 0.6) is 0 Å². The molecule has 0 aliphatic heterocycles. The van der Waals surface area contributed by atoms with Crippen LogP contribution in [0.2, 0.25) is 0 Å². The minimum absolute atomic E-state index is 0.0130. The maximum absolute atomic E-state index is 13.1. The van der Waals surface area contributed by atoms with Crippen molar-refractivity contribution >= 4 is 39.5 Å². The number of carbonyl (C=O) groups is 4. The zero-order valence-corrected chi connectivity index (χ0v) is 65.8. The maximum Gasteiger partial charge on any atom is 0.472 e. The lowest BCUT2D eigenvalue weighted by molar-refractivity contribution is -0.161. The third-order valence-electron chi connectivity index (χ3n) is 16.4. The zero-order chi connectivity index (χ0) is 74.6. The maximum atomic E-state index is 13.1. The van der Waals surface area contributed by atoms with Crippen LogP contribution < -0.4 is 0 Å². The second-order valence-corrected chi connectivity index (χ2v) is 29.2. The van der Waals surface area contributed by atoms with Crippen molar-refractivity contribution in [3.05, 3.63) is 122 Å². The van der Waals surface area contributed by atoms with E-state index in [1.807, 2.05) is 24.3 Å². The van der Waals surface area contributed by atoms with E-state index < -0.39 is 97.5 Å². The van der Waals surface area contributed by atoms with Gasteiger partial charge in [-0.25, -0.2) is 9.13 Å². The standard InChI is InChI=1S/C83H142O17P2/c1-5-9-13-17-21-25-29-33-36-38-41-45-48-52-56-60-64-68-81(86)94-73-78(99-82(87)69-65-61-57-53-49-43-32-28-24-20-16-12-8-4)75-97-101(89,90)95-71-77(84)72-96-102(91,92)98-76-79(74-93-80(85)67-63-59-55-51-47-44-40-35-31-27-23-19-15-11-7-3)100-83(88)70-66-62-58-54-50-46-42-39-37-34-30-26-22-18-14-10-6-2/h21-22,25-27,31,33-37,40-42,45-46,52,54,56,58,77-79,84H,5-20,23-24,28-30,32,38-39,43-44,47-51,53,55,57,59-76H2,1-4H3,(H,89,90)(H,91,92)/b25-21-,26-22-,31-27-,36-33-,37-34-,40-35-,45-41-,46-42-,56-52-,58-54-/t77-,78-,79-/m1/s1. The van der Waals surface area contributed by atoms with Crippen molar-refractivity contribution in [2.24, 2.45) is 0 Å². The Hall–Kier alpha value is -4.54. The Morgan fingerprint density at radius 3 is 0.873 bits per heavy atom. The van der Waals surface area contributed by atoms with Gasteiger partial charge in [0, 0.05) is 25.7 Å². The highest BCUT2D eigenvalue weighted by Gasteiger charge is 2.30. The molecule has 0 heterocycles. The van der Waals surface area contributed by atoms with Gasteiger partial charge in [-0.2, -0.15) is 0 Å². The third kappa shape index (κ3) is 73.8. The van der Waals surface area contributed by atoms with Crippen LogP contribution in [0, 0.1) is 0 Å². The second kappa shape index (κ2) is 74.7. The normalized spacial score (nSPS) is 14.5. The molecule has 0 rings (SSSR count). The average molecular weight is 1470 g/mol. The molecule has 0 aromatic carbocycles. The van der Waals surface area contributed by atoms with Crippen molar-refractivity contribution in [1.29, 1.82) is 0 Å². The van der Waals surface area contributed by atoms with Gasteiger partial charge < -0.3 is 33.8 Å². The Morgan fingerprint density at radius 2 is 0.520 bits per heavy atom. The molecular formula is C83H142O17P2. The molecule has 0 bridgehead atoms. The highest BCUT2D eigenvalue weighted by Crippen LogP contribution is 2.45. The Labute approximate surface area is 619 Å². The van der Waals surface area contributed by atoms with Gasteiger partial charge >= 0.3 is 39.5 Å². The Bertz CT molecular complexity index is 2410. The molecule has 5 atom stereocenters. The van der Waals surface area contributed by atoms with Gasteiger partial charge in [-0.3, -0.25) is 37.3 Å². The van der Waals surface area contributed by atoms with Crippen LogP contribution in [0.25, 0.3) is 0 Å².